The minimum absolute atomic E-state index is 0.134. The molecule has 0 spiro atoms. The molecular weight excluding hydrogens is 218 g/mol. The van der Waals surface area contributed by atoms with Crippen molar-refractivity contribution in [1.29, 1.82) is 0 Å². The second kappa shape index (κ2) is 3.44. The molecule has 3 rings (SSSR count). The first-order valence-electron chi connectivity index (χ1n) is 5.00. The fourth-order valence-electron chi connectivity index (χ4n) is 1.68. The third-order valence-corrected chi connectivity index (χ3v) is 2.51. The van der Waals surface area contributed by atoms with Crippen LogP contribution in [0.25, 0.3) is 16.7 Å². The molecule has 17 heavy (non-hydrogen) atoms. The number of fused-ring (bicyclic) bond motifs is 1. The average Bonchev–Trinajstić information content (AvgIpc) is 2.75. The van der Waals surface area contributed by atoms with Gasteiger partial charge in [-0.25, -0.2) is 14.6 Å². The van der Waals surface area contributed by atoms with E-state index in [9.17, 15) is 5.11 Å². The van der Waals surface area contributed by atoms with Gasteiger partial charge in [0.25, 0.3) is 0 Å². The van der Waals surface area contributed by atoms with Crippen molar-refractivity contribution >= 4 is 16.9 Å². The van der Waals surface area contributed by atoms with Gasteiger partial charge in [-0.3, -0.25) is 0 Å². The predicted octanol–water partition coefficient (Wildman–Crippen LogP) is 1.10. The van der Waals surface area contributed by atoms with Crippen LogP contribution in [0.2, 0.25) is 0 Å². The zero-order valence-electron chi connectivity index (χ0n) is 8.78. The lowest BCUT2D eigenvalue weighted by molar-refractivity contribution is 0.471. The molecular formula is C11H9N5O. The molecule has 0 radical (unpaired) electrons. The van der Waals surface area contributed by atoms with Crippen molar-refractivity contribution in [1.82, 2.24) is 19.7 Å². The first-order valence-corrected chi connectivity index (χ1v) is 5.00. The van der Waals surface area contributed by atoms with E-state index < -0.39 is 0 Å². The zero-order valence-corrected chi connectivity index (χ0v) is 8.78. The third-order valence-electron chi connectivity index (χ3n) is 2.51. The lowest BCUT2D eigenvalue weighted by atomic mass is 10.3. The number of nitrogens with two attached hydrogens (primary N) is 1. The molecule has 0 atom stereocenters. The van der Waals surface area contributed by atoms with Gasteiger partial charge in [0, 0.05) is 0 Å². The van der Waals surface area contributed by atoms with Crippen molar-refractivity contribution in [2.45, 2.75) is 0 Å². The quantitative estimate of drug-likeness (QED) is 0.649. The largest absolute Gasteiger partial charge is 0.506 e. The van der Waals surface area contributed by atoms with Crippen LogP contribution in [0.5, 0.6) is 5.75 Å². The minimum Gasteiger partial charge on any atom is -0.506 e. The second-order valence-corrected chi connectivity index (χ2v) is 3.54. The molecule has 0 amide bonds. The van der Waals surface area contributed by atoms with Crippen LogP contribution in [0.1, 0.15) is 0 Å². The van der Waals surface area contributed by atoms with Crippen molar-refractivity contribution in [3.8, 4) is 11.4 Å². The summed E-state index contributed by atoms with van der Waals surface area (Å²) in [7, 11) is 0. The third kappa shape index (κ3) is 1.38. The Morgan fingerprint density at radius 3 is 2.82 bits per heavy atom. The number of phenols is 1. The molecule has 3 N–H and O–H groups in total. The minimum atomic E-state index is 0.134. The Hall–Kier alpha value is -2.63. The van der Waals surface area contributed by atoms with E-state index in [4.69, 9.17) is 5.73 Å². The Morgan fingerprint density at radius 2 is 2.00 bits per heavy atom. The van der Waals surface area contributed by atoms with Crippen LogP contribution in [-0.2, 0) is 0 Å². The highest BCUT2D eigenvalue weighted by Gasteiger charge is 2.11. The molecule has 0 saturated heterocycles. The normalized spacial score (nSPS) is 10.8. The number of nitrogen functional groups attached to an aromatic ring is 1. The summed E-state index contributed by atoms with van der Waals surface area (Å²) in [4.78, 5) is 8.01. The Kier molecular flexibility index (Phi) is 1.94. The van der Waals surface area contributed by atoms with E-state index in [1.54, 1.807) is 24.4 Å². The summed E-state index contributed by atoms with van der Waals surface area (Å²) < 4.78 is 1.53. The molecule has 2 heterocycles. The van der Waals surface area contributed by atoms with E-state index in [0.29, 0.717) is 22.5 Å². The number of anilines is 1. The van der Waals surface area contributed by atoms with Crippen LogP contribution < -0.4 is 5.73 Å². The van der Waals surface area contributed by atoms with Gasteiger partial charge < -0.3 is 10.8 Å². The fourth-order valence-corrected chi connectivity index (χ4v) is 1.68. The first kappa shape index (κ1) is 9.59. The van der Waals surface area contributed by atoms with Gasteiger partial charge in [0.05, 0.1) is 11.6 Å². The molecule has 0 fully saturated rings. The maximum Gasteiger partial charge on any atom is 0.168 e. The number of para-hydroxylation sites is 2. The van der Waals surface area contributed by atoms with Crippen molar-refractivity contribution in [3.63, 3.8) is 0 Å². The summed E-state index contributed by atoms with van der Waals surface area (Å²) >= 11 is 0. The number of hydrogen-bond donors (Lipinski definition) is 2. The molecule has 2 aromatic heterocycles. The van der Waals surface area contributed by atoms with Crippen molar-refractivity contribution in [2.24, 2.45) is 0 Å². The Bertz CT molecular complexity index is 691. The topological polar surface area (TPSA) is 89.9 Å². The molecule has 84 valence electrons. The molecule has 0 aliphatic rings. The molecule has 6 nitrogen and oxygen atoms in total. The number of aromatic nitrogens is 4. The van der Waals surface area contributed by atoms with E-state index >= 15 is 0 Å². The number of phenolic OH excluding ortho intramolecular Hbond substituents is 1. The fraction of sp³-hybridized carbons (Fsp3) is 0. The van der Waals surface area contributed by atoms with E-state index in [-0.39, 0.29) is 5.75 Å². The highest BCUT2D eigenvalue weighted by atomic mass is 16.3. The number of hydrogen-bond acceptors (Lipinski definition) is 5. The maximum absolute atomic E-state index is 9.78. The molecule has 3 aromatic rings. The van der Waals surface area contributed by atoms with Gasteiger partial charge in [-0.2, -0.15) is 5.10 Å². The van der Waals surface area contributed by atoms with Crippen molar-refractivity contribution in [3.05, 3.63) is 36.8 Å². The standard InChI is InChI=1S/C11H9N5O/c12-10-7-5-15-16(11(7)14-6-13-10)8-3-1-2-4-9(8)17/h1-6,17H,(H2,12,13,14). The number of benzene rings is 1. The van der Waals surface area contributed by atoms with E-state index in [2.05, 4.69) is 15.1 Å². The van der Waals surface area contributed by atoms with Gasteiger partial charge in [0.15, 0.2) is 5.65 Å². The molecule has 0 unspecified atom stereocenters. The lowest BCUT2D eigenvalue weighted by Crippen LogP contribution is -1.99. The van der Waals surface area contributed by atoms with Crippen molar-refractivity contribution in [2.75, 3.05) is 5.73 Å². The van der Waals surface area contributed by atoms with E-state index in [0.717, 1.165) is 0 Å². The molecule has 0 aliphatic carbocycles. The monoisotopic (exact) mass is 227 g/mol. The number of rotatable bonds is 1. The van der Waals surface area contributed by atoms with E-state index in [1.807, 2.05) is 6.07 Å². The number of aromatic hydroxyl groups is 1. The lowest BCUT2D eigenvalue weighted by Gasteiger charge is -2.04. The summed E-state index contributed by atoms with van der Waals surface area (Å²) in [5, 5.41) is 14.6. The van der Waals surface area contributed by atoms with E-state index in [1.165, 1.54) is 11.0 Å². The molecule has 0 saturated carbocycles. The Morgan fingerprint density at radius 1 is 1.18 bits per heavy atom. The highest BCUT2D eigenvalue weighted by molar-refractivity contribution is 5.86. The highest BCUT2D eigenvalue weighted by Crippen LogP contribution is 2.24. The number of nitrogens with zero attached hydrogens (tertiary/aromatic N) is 4. The molecule has 0 bridgehead atoms. The van der Waals surface area contributed by atoms with Gasteiger partial charge in [0.2, 0.25) is 0 Å². The van der Waals surface area contributed by atoms with Crippen LogP contribution in [0.4, 0.5) is 5.82 Å². The van der Waals surface area contributed by atoms with Gasteiger partial charge in [-0.05, 0) is 12.1 Å². The predicted molar refractivity (Wildman–Crippen MR) is 62.7 cm³/mol. The van der Waals surface area contributed by atoms with Crippen LogP contribution >= 0.6 is 0 Å². The van der Waals surface area contributed by atoms with Gasteiger partial charge in [-0.1, -0.05) is 12.1 Å². The Labute approximate surface area is 96.4 Å². The molecule has 1 aromatic carbocycles. The smallest absolute Gasteiger partial charge is 0.168 e. The SMILES string of the molecule is Nc1ncnc2c1cnn2-c1ccccc1O. The zero-order chi connectivity index (χ0) is 11.8. The van der Waals surface area contributed by atoms with Gasteiger partial charge >= 0.3 is 0 Å². The van der Waals surface area contributed by atoms with Crippen LogP contribution in [-0.4, -0.2) is 24.9 Å². The molecule has 6 heteroatoms. The summed E-state index contributed by atoms with van der Waals surface area (Å²) in [5.41, 5.74) is 6.84. The van der Waals surface area contributed by atoms with Gasteiger partial charge in [0.1, 0.15) is 23.6 Å². The maximum atomic E-state index is 9.78. The summed E-state index contributed by atoms with van der Waals surface area (Å²) in [6.45, 7) is 0. The van der Waals surface area contributed by atoms with Crippen LogP contribution in [0.3, 0.4) is 0 Å². The summed E-state index contributed by atoms with van der Waals surface area (Å²) in [5.74, 6) is 0.506. The van der Waals surface area contributed by atoms with Crippen LogP contribution in [0, 0.1) is 0 Å². The molecule has 0 aliphatic heterocycles. The first-order chi connectivity index (χ1) is 8.27. The average molecular weight is 227 g/mol. The summed E-state index contributed by atoms with van der Waals surface area (Å²) in [6.07, 6.45) is 2.95. The van der Waals surface area contributed by atoms with Gasteiger partial charge in [-0.15, -0.1) is 0 Å². The Balaban J connectivity index is 2.33. The van der Waals surface area contributed by atoms with Crippen LogP contribution in [0.15, 0.2) is 36.8 Å². The van der Waals surface area contributed by atoms with Crippen molar-refractivity contribution < 1.29 is 5.11 Å². The second-order valence-electron chi connectivity index (χ2n) is 3.54. The summed E-state index contributed by atoms with van der Waals surface area (Å²) in [6, 6.07) is 6.90.